The normalized spacial score (nSPS) is 12.7. The molecule has 0 aliphatic heterocycles. The molecule has 2 aromatic carbocycles. The van der Waals surface area contributed by atoms with E-state index in [1.54, 1.807) is 47.0 Å². The highest BCUT2D eigenvalue weighted by Crippen LogP contribution is 2.26. The number of thiazole rings is 1. The van der Waals surface area contributed by atoms with E-state index >= 15 is 0 Å². The van der Waals surface area contributed by atoms with Crippen LogP contribution in [-0.4, -0.2) is 38.3 Å². The number of benzene rings is 2. The van der Waals surface area contributed by atoms with E-state index in [0.717, 1.165) is 32.1 Å². The van der Waals surface area contributed by atoms with Crippen LogP contribution in [0.2, 0.25) is 0 Å². The highest BCUT2D eigenvalue weighted by molar-refractivity contribution is 7.92. The van der Waals surface area contributed by atoms with E-state index in [0.29, 0.717) is 17.1 Å². The zero-order valence-corrected chi connectivity index (χ0v) is 19.6. The van der Waals surface area contributed by atoms with Crippen LogP contribution >= 0.6 is 11.3 Å². The summed E-state index contributed by atoms with van der Waals surface area (Å²) in [6, 6.07) is 10.7. The molecule has 10 heteroatoms. The monoisotopic (exact) mass is 463 g/mol. The van der Waals surface area contributed by atoms with Gasteiger partial charge in [0.2, 0.25) is 15.9 Å². The molecule has 1 amide bonds. The number of aromatic nitrogens is 1. The minimum Gasteiger partial charge on any atom is -0.497 e. The molecule has 166 valence electrons. The lowest BCUT2D eigenvalue weighted by Crippen LogP contribution is -2.45. The quantitative estimate of drug-likeness (QED) is 0.579. The average Bonchev–Trinajstić information content (AvgIpc) is 3.02. The molecular formula is C21H25N3O5S2. The van der Waals surface area contributed by atoms with Gasteiger partial charge >= 0.3 is 4.87 Å². The molecule has 1 heterocycles. The summed E-state index contributed by atoms with van der Waals surface area (Å²) in [7, 11) is -2.22. The topological polar surface area (TPSA) is 97.7 Å². The summed E-state index contributed by atoms with van der Waals surface area (Å²) in [6.45, 7) is 5.39. The Kier molecular flexibility index (Phi) is 6.42. The van der Waals surface area contributed by atoms with Crippen LogP contribution in [0.15, 0.2) is 47.3 Å². The van der Waals surface area contributed by atoms with Crippen LogP contribution in [0.1, 0.15) is 26.8 Å². The molecule has 3 aromatic rings. The maximum atomic E-state index is 12.9. The minimum atomic E-state index is -3.73. The molecular weight excluding hydrogens is 438 g/mol. The smallest absolute Gasteiger partial charge is 0.308 e. The molecule has 1 aromatic heterocycles. The Balaban J connectivity index is 1.89. The molecule has 0 spiro atoms. The van der Waals surface area contributed by atoms with E-state index in [9.17, 15) is 18.0 Å². The number of sulfonamides is 1. The minimum absolute atomic E-state index is 0.0227. The summed E-state index contributed by atoms with van der Waals surface area (Å²) in [5, 5.41) is 2.76. The van der Waals surface area contributed by atoms with Crippen molar-refractivity contribution in [3.8, 4) is 5.75 Å². The van der Waals surface area contributed by atoms with Gasteiger partial charge in [-0.25, -0.2) is 8.42 Å². The number of rotatable bonds is 7. The number of methoxy groups -OCH3 is 1. The molecule has 31 heavy (non-hydrogen) atoms. The first-order chi connectivity index (χ1) is 14.5. The number of hydrogen-bond donors (Lipinski definition) is 1. The molecule has 0 aliphatic carbocycles. The Morgan fingerprint density at radius 3 is 2.32 bits per heavy atom. The van der Waals surface area contributed by atoms with Crippen molar-refractivity contribution < 1.29 is 17.9 Å². The Morgan fingerprint density at radius 1 is 1.13 bits per heavy atom. The molecule has 0 saturated carbocycles. The Labute approximate surface area is 185 Å². The zero-order valence-electron chi connectivity index (χ0n) is 17.9. The van der Waals surface area contributed by atoms with Crippen LogP contribution < -0.4 is 19.2 Å². The second-order valence-corrected chi connectivity index (χ2v) is 10.3. The highest BCUT2D eigenvalue weighted by Gasteiger charge is 2.29. The summed E-state index contributed by atoms with van der Waals surface area (Å²) in [6.07, 6.45) is 1.05. The Morgan fingerprint density at radius 2 is 1.77 bits per heavy atom. The van der Waals surface area contributed by atoms with Gasteiger partial charge in [0.05, 0.1) is 29.3 Å². The summed E-state index contributed by atoms with van der Waals surface area (Å²) >= 11 is 1.11. The van der Waals surface area contributed by atoms with Gasteiger partial charge in [-0.05, 0) is 63.2 Å². The van der Waals surface area contributed by atoms with Gasteiger partial charge in [-0.3, -0.25) is 18.5 Å². The third-order valence-electron chi connectivity index (χ3n) is 4.81. The predicted molar refractivity (Wildman–Crippen MR) is 125 cm³/mol. The van der Waals surface area contributed by atoms with Gasteiger partial charge in [0.15, 0.2) is 0 Å². The van der Waals surface area contributed by atoms with Crippen molar-refractivity contribution in [1.29, 1.82) is 0 Å². The molecule has 0 bridgehead atoms. The number of hydrogen-bond acceptors (Lipinski definition) is 6. The molecule has 0 fully saturated rings. The zero-order chi connectivity index (χ0) is 22.9. The SMILES string of the molecule is COc1ccc(N([C@@H](C)C(=O)Nc2ccc3c(c2)sc(=O)n3C(C)C)S(C)(=O)=O)cc1. The summed E-state index contributed by atoms with van der Waals surface area (Å²) in [5.41, 5.74) is 1.64. The largest absolute Gasteiger partial charge is 0.497 e. The first-order valence-corrected chi connectivity index (χ1v) is 12.3. The summed E-state index contributed by atoms with van der Waals surface area (Å²) in [5.74, 6) is 0.0890. The second kappa shape index (κ2) is 8.72. The summed E-state index contributed by atoms with van der Waals surface area (Å²) in [4.78, 5) is 25.1. The second-order valence-electron chi connectivity index (χ2n) is 7.44. The van der Waals surface area contributed by atoms with E-state index in [2.05, 4.69) is 5.32 Å². The van der Waals surface area contributed by atoms with E-state index in [4.69, 9.17) is 4.74 Å². The lowest BCUT2D eigenvalue weighted by atomic mass is 10.2. The van der Waals surface area contributed by atoms with Crippen LogP contribution in [0.25, 0.3) is 10.2 Å². The van der Waals surface area contributed by atoms with Crippen molar-refractivity contribution in [3.63, 3.8) is 0 Å². The van der Waals surface area contributed by atoms with Crippen molar-refractivity contribution in [1.82, 2.24) is 4.57 Å². The predicted octanol–water partition coefficient (Wildman–Crippen LogP) is 3.45. The Bertz CT molecular complexity index is 1260. The maximum Gasteiger partial charge on any atom is 0.308 e. The number of amides is 1. The van der Waals surface area contributed by atoms with Gasteiger partial charge in [0.1, 0.15) is 11.8 Å². The summed E-state index contributed by atoms with van der Waals surface area (Å²) < 4.78 is 33.5. The van der Waals surface area contributed by atoms with Crippen LogP contribution in [0.3, 0.4) is 0 Å². The maximum absolute atomic E-state index is 12.9. The molecule has 1 N–H and O–H groups in total. The van der Waals surface area contributed by atoms with Gasteiger partial charge in [-0.15, -0.1) is 0 Å². The van der Waals surface area contributed by atoms with Gasteiger partial charge in [0.25, 0.3) is 0 Å². The van der Waals surface area contributed by atoms with Crippen LogP contribution in [0.4, 0.5) is 11.4 Å². The molecule has 0 aliphatic rings. The number of anilines is 2. The fourth-order valence-corrected chi connectivity index (χ4v) is 5.62. The van der Waals surface area contributed by atoms with E-state index in [1.807, 2.05) is 13.8 Å². The van der Waals surface area contributed by atoms with Gasteiger partial charge in [-0.2, -0.15) is 0 Å². The number of nitrogens with zero attached hydrogens (tertiary/aromatic N) is 2. The van der Waals surface area contributed by atoms with Gasteiger partial charge < -0.3 is 10.1 Å². The van der Waals surface area contributed by atoms with Gasteiger partial charge in [-0.1, -0.05) is 11.3 Å². The van der Waals surface area contributed by atoms with Crippen molar-refractivity contribution in [2.75, 3.05) is 23.0 Å². The third kappa shape index (κ3) is 4.75. The molecule has 8 nitrogen and oxygen atoms in total. The fraction of sp³-hybridized carbons (Fsp3) is 0.333. The number of nitrogens with one attached hydrogen (secondary N) is 1. The molecule has 0 radical (unpaired) electrons. The molecule has 0 unspecified atom stereocenters. The van der Waals surface area contributed by atoms with Crippen LogP contribution in [-0.2, 0) is 14.8 Å². The lowest BCUT2D eigenvalue weighted by Gasteiger charge is -2.28. The van der Waals surface area contributed by atoms with E-state index < -0.39 is 22.0 Å². The van der Waals surface area contributed by atoms with Crippen molar-refractivity contribution >= 4 is 48.9 Å². The number of fused-ring (bicyclic) bond motifs is 1. The fourth-order valence-electron chi connectivity index (χ4n) is 3.39. The van der Waals surface area contributed by atoms with Crippen LogP contribution in [0, 0.1) is 0 Å². The van der Waals surface area contributed by atoms with Crippen molar-refractivity contribution in [2.45, 2.75) is 32.9 Å². The third-order valence-corrected chi connectivity index (χ3v) is 6.97. The molecule has 0 saturated heterocycles. The number of carbonyl (C=O) groups excluding carboxylic acids is 1. The highest BCUT2D eigenvalue weighted by atomic mass is 32.2. The van der Waals surface area contributed by atoms with E-state index in [-0.39, 0.29) is 10.9 Å². The standard InChI is InChI=1S/C21H25N3O5S2/c1-13(2)23-18-11-6-15(12-19(18)30-21(23)26)22-20(25)14(3)24(31(5,27)28)16-7-9-17(29-4)10-8-16/h6-14H,1-5H3,(H,22,25)/t14-/m0/s1. The Hall–Kier alpha value is -2.85. The average molecular weight is 464 g/mol. The van der Waals surface area contributed by atoms with Crippen LogP contribution in [0.5, 0.6) is 5.75 Å². The van der Waals surface area contributed by atoms with Crippen molar-refractivity contribution in [3.05, 3.63) is 52.1 Å². The first-order valence-electron chi connectivity index (χ1n) is 9.62. The van der Waals surface area contributed by atoms with Crippen molar-refractivity contribution in [2.24, 2.45) is 0 Å². The van der Waals surface area contributed by atoms with Gasteiger partial charge in [0, 0.05) is 11.7 Å². The van der Waals surface area contributed by atoms with E-state index in [1.165, 1.54) is 14.0 Å². The lowest BCUT2D eigenvalue weighted by molar-refractivity contribution is -0.116. The molecule has 3 rings (SSSR count). The first kappa shape index (κ1) is 22.8. The molecule has 1 atom stereocenters. The number of ether oxygens (including phenoxy) is 1. The number of carbonyl (C=O) groups is 1.